The number of halogens is 1. The lowest BCUT2D eigenvalue weighted by atomic mass is 10.1. The van der Waals surface area contributed by atoms with Crippen LogP contribution < -0.4 is 11.1 Å². The summed E-state index contributed by atoms with van der Waals surface area (Å²) in [6.45, 7) is 2.20. The molecular weight excluding hydrogens is 351 g/mol. The number of likely N-dealkylation sites (tertiary alicyclic amines) is 1. The van der Waals surface area contributed by atoms with E-state index in [1.54, 1.807) is 6.20 Å². The van der Waals surface area contributed by atoms with Crippen LogP contribution in [0.25, 0.3) is 10.9 Å². The van der Waals surface area contributed by atoms with E-state index in [1.807, 2.05) is 6.07 Å². The first-order valence-corrected chi connectivity index (χ1v) is 7.50. The van der Waals surface area contributed by atoms with Crippen LogP contribution in [0.2, 0.25) is 0 Å². The Balaban J connectivity index is 2.01. The van der Waals surface area contributed by atoms with E-state index in [0.29, 0.717) is 6.04 Å². The number of rotatable bonds is 2. The molecule has 3 rings (SSSR count). The number of nitrogen functional groups attached to an aromatic ring is 1. The number of hydrogen-bond donors (Lipinski definition) is 2. The highest BCUT2D eigenvalue weighted by molar-refractivity contribution is 14.1. The first-order valence-electron chi connectivity index (χ1n) is 6.42. The van der Waals surface area contributed by atoms with E-state index >= 15 is 0 Å². The Bertz CT molecular complexity index is 608. The van der Waals surface area contributed by atoms with Crippen molar-refractivity contribution in [3.05, 3.63) is 28.0 Å². The minimum absolute atomic E-state index is 0.468. The molecule has 1 saturated heterocycles. The van der Waals surface area contributed by atoms with E-state index in [2.05, 4.69) is 57.0 Å². The molecular formula is C14H17IN4. The molecule has 4 nitrogen and oxygen atoms in total. The highest BCUT2D eigenvalue weighted by atomic mass is 127. The molecule has 0 bridgehead atoms. The summed E-state index contributed by atoms with van der Waals surface area (Å²) < 4.78 is 1.20. The van der Waals surface area contributed by atoms with Crippen LogP contribution in [0.4, 0.5) is 11.4 Å². The Morgan fingerprint density at radius 1 is 1.47 bits per heavy atom. The van der Waals surface area contributed by atoms with Gasteiger partial charge in [-0.1, -0.05) is 0 Å². The maximum atomic E-state index is 6.11. The lowest BCUT2D eigenvalue weighted by Gasteiger charge is -2.17. The van der Waals surface area contributed by atoms with Crippen LogP contribution in [-0.4, -0.2) is 36.1 Å². The van der Waals surface area contributed by atoms with Crippen LogP contribution in [0.3, 0.4) is 0 Å². The molecule has 1 aliphatic heterocycles. The molecule has 1 aliphatic rings. The van der Waals surface area contributed by atoms with Crippen LogP contribution in [0.15, 0.2) is 24.4 Å². The molecule has 5 heteroatoms. The second kappa shape index (κ2) is 5.13. The summed E-state index contributed by atoms with van der Waals surface area (Å²) in [5, 5.41) is 4.71. The third kappa shape index (κ3) is 2.62. The van der Waals surface area contributed by atoms with Crippen molar-refractivity contribution in [1.29, 1.82) is 0 Å². The second-order valence-corrected chi connectivity index (χ2v) is 6.39. The van der Waals surface area contributed by atoms with Gasteiger partial charge in [-0.3, -0.25) is 4.98 Å². The smallest absolute Gasteiger partial charge is 0.0743 e. The number of pyridine rings is 1. The summed E-state index contributed by atoms with van der Waals surface area (Å²) in [4.78, 5) is 6.73. The summed E-state index contributed by atoms with van der Waals surface area (Å²) in [5.41, 5.74) is 8.86. The fraction of sp³-hybridized carbons (Fsp3) is 0.357. The predicted octanol–water partition coefficient (Wildman–Crippen LogP) is 2.54. The highest BCUT2D eigenvalue weighted by Gasteiger charge is 2.20. The summed E-state index contributed by atoms with van der Waals surface area (Å²) in [5.74, 6) is 0. The van der Waals surface area contributed by atoms with E-state index in [-0.39, 0.29) is 0 Å². The molecule has 2 aromatic rings. The number of nitrogens with zero attached hydrogens (tertiary/aromatic N) is 2. The van der Waals surface area contributed by atoms with Crippen LogP contribution >= 0.6 is 22.6 Å². The molecule has 100 valence electrons. The number of hydrogen-bond acceptors (Lipinski definition) is 4. The molecule has 0 amide bonds. The fourth-order valence-electron chi connectivity index (χ4n) is 2.60. The van der Waals surface area contributed by atoms with Crippen molar-refractivity contribution in [3.8, 4) is 0 Å². The van der Waals surface area contributed by atoms with Crippen LogP contribution in [0.5, 0.6) is 0 Å². The largest absolute Gasteiger partial charge is 0.396 e. The minimum Gasteiger partial charge on any atom is -0.396 e. The van der Waals surface area contributed by atoms with Crippen LogP contribution in [-0.2, 0) is 0 Å². The van der Waals surface area contributed by atoms with Gasteiger partial charge >= 0.3 is 0 Å². The minimum atomic E-state index is 0.468. The van der Waals surface area contributed by atoms with Gasteiger partial charge in [0.15, 0.2) is 0 Å². The summed E-state index contributed by atoms with van der Waals surface area (Å²) in [7, 11) is 2.15. The van der Waals surface area contributed by atoms with Crippen LogP contribution in [0.1, 0.15) is 6.42 Å². The van der Waals surface area contributed by atoms with E-state index < -0.39 is 0 Å². The topological polar surface area (TPSA) is 54.2 Å². The van der Waals surface area contributed by atoms with Gasteiger partial charge in [0.05, 0.1) is 23.1 Å². The third-order valence-corrected chi connectivity index (χ3v) is 4.27. The average molecular weight is 368 g/mol. The Morgan fingerprint density at radius 3 is 3.05 bits per heavy atom. The molecule has 0 saturated carbocycles. The van der Waals surface area contributed by atoms with Gasteiger partial charge in [0.1, 0.15) is 0 Å². The first-order chi connectivity index (χ1) is 9.13. The zero-order chi connectivity index (χ0) is 13.4. The quantitative estimate of drug-likeness (QED) is 0.800. The number of benzene rings is 1. The Labute approximate surface area is 126 Å². The molecule has 3 N–H and O–H groups in total. The molecule has 1 atom stereocenters. The van der Waals surface area contributed by atoms with Gasteiger partial charge in [-0.2, -0.15) is 0 Å². The number of aromatic nitrogens is 1. The highest BCUT2D eigenvalue weighted by Crippen LogP contribution is 2.30. The number of likely N-dealkylation sites (N-methyl/N-ethyl adjacent to an activating group) is 1. The van der Waals surface area contributed by atoms with Crippen molar-refractivity contribution in [2.24, 2.45) is 0 Å². The molecule has 0 unspecified atom stereocenters. The zero-order valence-electron chi connectivity index (χ0n) is 10.9. The Morgan fingerprint density at radius 2 is 2.32 bits per heavy atom. The second-order valence-electron chi connectivity index (χ2n) is 5.14. The van der Waals surface area contributed by atoms with Gasteiger partial charge in [0, 0.05) is 21.5 Å². The normalized spacial score (nSPS) is 20.0. The number of fused-ring (bicyclic) bond motifs is 1. The van der Waals surface area contributed by atoms with Crippen molar-refractivity contribution >= 4 is 44.9 Å². The fourth-order valence-corrected chi connectivity index (χ4v) is 3.09. The molecule has 2 heterocycles. The lowest BCUT2D eigenvalue weighted by Crippen LogP contribution is -2.24. The molecule has 19 heavy (non-hydrogen) atoms. The maximum Gasteiger partial charge on any atom is 0.0743 e. The van der Waals surface area contributed by atoms with Gasteiger partial charge in [-0.15, -0.1) is 0 Å². The van der Waals surface area contributed by atoms with Crippen molar-refractivity contribution in [3.63, 3.8) is 0 Å². The molecule has 0 radical (unpaired) electrons. The Hall–Kier alpha value is -1.08. The molecule has 1 aromatic carbocycles. The van der Waals surface area contributed by atoms with Crippen LogP contribution in [0, 0.1) is 3.57 Å². The molecule has 0 spiro atoms. The number of nitrogens with one attached hydrogen (secondary N) is 1. The van der Waals surface area contributed by atoms with E-state index in [4.69, 9.17) is 5.73 Å². The number of nitrogens with two attached hydrogens (primary N) is 1. The van der Waals surface area contributed by atoms with Crippen molar-refractivity contribution in [2.75, 3.05) is 31.2 Å². The summed E-state index contributed by atoms with van der Waals surface area (Å²) >= 11 is 2.32. The number of anilines is 2. The summed E-state index contributed by atoms with van der Waals surface area (Å²) in [6, 6.07) is 6.72. The predicted molar refractivity (Wildman–Crippen MR) is 88.4 cm³/mol. The van der Waals surface area contributed by atoms with E-state index in [9.17, 15) is 0 Å². The van der Waals surface area contributed by atoms with Gasteiger partial charge < -0.3 is 16.0 Å². The van der Waals surface area contributed by atoms with Gasteiger partial charge in [-0.25, -0.2) is 0 Å². The van der Waals surface area contributed by atoms with Crippen molar-refractivity contribution in [1.82, 2.24) is 9.88 Å². The van der Waals surface area contributed by atoms with Gasteiger partial charge in [-0.05, 0) is 60.8 Å². The van der Waals surface area contributed by atoms with Gasteiger partial charge in [0.2, 0.25) is 0 Å². The standard InChI is InChI=1S/C14H17IN4/c1-19-5-4-10(8-19)18-14-11-6-9(15)2-3-13(11)17-7-12(14)16/h2-3,6-7,10H,4-5,8,16H2,1H3,(H,17,18)/t10-/m1/s1. The molecule has 0 aliphatic carbocycles. The van der Waals surface area contributed by atoms with Crippen molar-refractivity contribution in [2.45, 2.75) is 12.5 Å². The van der Waals surface area contributed by atoms with E-state index in [1.165, 1.54) is 3.57 Å². The SMILES string of the molecule is CN1CC[C@@H](Nc2c(N)cnc3ccc(I)cc23)C1. The maximum absolute atomic E-state index is 6.11. The molecule has 1 aromatic heterocycles. The monoisotopic (exact) mass is 368 g/mol. The molecule has 1 fully saturated rings. The lowest BCUT2D eigenvalue weighted by molar-refractivity contribution is 0.414. The van der Waals surface area contributed by atoms with Crippen molar-refractivity contribution < 1.29 is 0 Å². The zero-order valence-corrected chi connectivity index (χ0v) is 13.0. The third-order valence-electron chi connectivity index (χ3n) is 3.60. The van der Waals surface area contributed by atoms with Gasteiger partial charge in [0.25, 0.3) is 0 Å². The first kappa shape index (κ1) is 12.9. The Kier molecular flexibility index (Phi) is 3.49. The average Bonchev–Trinajstić information content (AvgIpc) is 2.79. The summed E-state index contributed by atoms with van der Waals surface area (Å²) in [6.07, 6.45) is 2.90. The van der Waals surface area contributed by atoms with E-state index in [0.717, 1.165) is 41.8 Å².